The summed E-state index contributed by atoms with van der Waals surface area (Å²) >= 11 is 0. The third-order valence-electron chi connectivity index (χ3n) is 2.59. The summed E-state index contributed by atoms with van der Waals surface area (Å²) in [6.45, 7) is 7.46. The van der Waals surface area contributed by atoms with Gasteiger partial charge in [0.25, 0.3) is 5.91 Å². The van der Waals surface area contributed by atoms with Crippen LogP contribution in [0.2, 0.25) is 0 Å². The van der Waals surface area contributed by atoms with Gasteiger partial charge in [-0.05, 0) is 45.9 Å². The van der Waals surface area contributed by atoms with Crippen molar-refractivity contribution in [1.82, 2.24) is 5.32 Å². The Kier molecular flexibility index (Phi) is 4.60. The molecule has 20 heavy (non-hydrogen) atoms. The largest absolute Gasteiger partial charge is 0.398 e. The molecule has 0 saturated heterocycles. The van der Waals surface area contributed by atoms with Gasteiger partial charge in [-0.2, -0.15) is 0 Å². The summed E-state index contributed by atoms with van der Waals surface area (Å²) in [5.41, 5.74) is 11.8. The van der Waals surface area contributed by atoms with Gasteiger partial charge in [-0.1, -0.05) is 0 Å². The maximum atomic E-state index is 12.0. The molecule has 0 aliphatic rings. The van der Waals surface area contributed by atoms with Crippen LogP contribution < -0.4 is 22.1 Å². The zero-order valence-electron chi connectivity index (χ0n) is 12.3. The molecule has 1 aromatic rings. The molecule has 110 valence electrons. The Balaban J connectivity index is 2.81. The highest BCUT2D eigenvalue weighted by atomic mass is 16.2. The van der Waals surface area contributed by atoms with Gasteiger partial charge in [-0.25, -0.2) is 0 Å². The van der Waals surface area contributed by atoms with E-state index in [-0.39, 0.29) is 17.0 Å². The van der Waals surface area contributed by atoms with E-state index >= 15 is 0 Å². The molecule has 0 aliphatic carbocycles. The van der Waals surface area contributed by atoms with Gasteiger partial charge in [0.1, 0.15) is 6.04 Å². The van der Waals surface area contributed by atoms with Gasteiger partial charge in [0.2, 0.25) is 5.91 Å². The molecule has 1 aromatic carbocycles. The number of rotatable bonds is 4. The average molecular weight is 278 g/mol. The molecular weight excluding hydrogens is 256 g/mol. The summed E-state index contributed by atoms with van der Waals surface area (Å²) in [7, 11) is 0. The Morgan fingerprint density at radius 1 is 1.25 bits per heavy atom. The Bertz CT molecular complexity index is 520. The van der Waals surface area contributed by atoms with Crippen molar-refractivity contribution in [2.24, 2.45) is 5.73 Å². The molecule has 1 unspecified atom stereocenters. The Labute approximate surface area is 118 Å². The lowest BCUT2D eigenvalue weighted by Crippen LogP contribution is -2.47. The highest BCUT2D eigenvalue weighted by Gasteiger charge is 2.19. The minimum Gasteiger partial charge on any atom is -0.398 e. The second-order valence-corrected chi connectivity index (χ2v) is 5.77. The van der Waals surface area contributed by atoms with Crippen LogP contribution in [0.1, 0.15) is 38.1 Å². The molecule has 0 radical (unpaired) electrons. The quantitative estimate of drug-likeness (QED) is 0.618. The van der Waals surface area contributed by atoms with E-state index < -0.39 is 11.9 Å². The van der Waals surface area contributed by atoms with Crippen molar-refractivity contribution in [2.75, 3.05) is 11.1 Å². The molecule has 6 N–H and O–H groups in total. The number of amides is 2. The van der Waals surface area contributed by atoms with E-state index in [1.54, 1.807) is 25.1 Å². The highest BCUT2D eigenvalue weighted by Crippen LogP contribution is 2.18. The number of hydrogen-bond acceptors (Lipinski definition) is 4. The molecule has 2 amide bonds. The van der Waals surface area contributed by atoms with E-state index in [4.69, 9.17) is 11.5 Å². The van der Waals surface area contributed by atoms with Crippen LogP contribution in [0.15, 0.2) is 18.2 Å². The van der Waals surface area contributed by atoms with E-state index in [1.165, 1.54) is 0 Å². The first-order chi connectivity index (χ1) is 9.10. The van der Waals surface area contributed by atoms with Crippen molar-refractivity contribution < 1.29 is 9.59 Å². The van der Waals surface area contributed by atoms with Crippen molar-refractivity contribution in [3.8, 4) is 0 Å². The fourth-order valence-electron chi connectivity index (χ4n) is 1.65. The van der Waals surface area contributed by atoms with Crippen molar-refractivity contribution in [3.63, 3.8) is 0 Å². The molecule has 6 heteroatoms. The van der Waals surface area contributed by atoms with Crippen LogP contribution in [0, 0.1) is 0 Å². The SMILES string of the molecule is CC(Nc1ccc(N)c(C(N)=O)c1)C(=O)NC(C)(C)C. The van der Waals surface area contributed by atoms with Gasteiger partial charge < -0.3 is 22.1 Å². The third-order valence-corrected chi connectivity index (χ3v) is 2.59. The molecule has 1 rings (SSSR count). The second-order valence-electron chi connectivity index (χ2n) is 5.77. The van der Waals surface area contributed by atoms with E-state index in [2.05, 4.69) is 10.6 Å². The van der Waals surface area contributed by atoms with Crippen LogP contribution in [0.25, 0.3) is 0 Å². The molecule has 0 aromatic heterocycles. The van der Waals surface area contributed by atoms with Gasteiger partial charge in [-0.15, -0.1) is 0 Å². The topological polar surface area (TPSA) is 110 Å². The Morgan fingerprint density at radius 3 is 2.35 bits per heavy atom. The van der Waals surface area contributed by atoms with E-state index in [0.29, 0.717) is 11.4 Å². The normalized spacial score (nSPS) is 12.6. The van der Waals surface area contributed by atoms with Gasteiger partial charge in [-0.3, -0.25) is 9.59 Å². The van der Waals surface area contributed by atoms with E-state index in [0.717, 1.165) is 0 Å². The summed E-state index contributed by atoms with van der Waals surface area (Å²) in [5, 5.41) is 5.88. The molecule has 0 saturated carbocycles. The number of nitrogens with one attached hydrogen (secondary N) is 2. The number of hydrogen-bond donors (Lipinski definition) is 4. The van der Waals surface area contributed by atoms with Crippen LogP contribution in [-0.2, 0) is 4.79 Å². The predicted molar refractivity (Wildman–Crippen MR) is 80.4 cm³/mol. The van der Waals surface area contributed by atoms with Crippen LogP contribution in [0.3, 0.4) is 0 Å². The van der Waals surface area contributed by atoms with Gasteiger partial charge in [0.05, 0.1) is 5.56 Å². The number of benzene rings is 1. The van der Waals surface area contributed by atoms with E-state index in [9.17, 15) is 9.59 Å². The fraction of sp³-hybridized carbons (Fsp3) is 0.429. The lowest BCUT2D eigenvalue weighted by Gasteiger charge is -2.24. The molecule has 0 heterocycles. The lowest BCUT2D eigenvalue weighted by atomic mass is 10.1. The number of primary amides is 1. The smallest absolute Gasteiger partial charge is 0.250 e. The predicted octanol–water partition coefficient (Wildman–Crippen LogP) is 1.08. The number of carbonyl (C=O) groups excluding carboxylic acids is 2. The van der Waals surface area contributed by atoms with E-state index in [1.807, 2.05) is 20.8 Å². The first-order valence-corrected chi connectivity index (χ1v) is 6.38. The summed E-state index contributed by atoms with van der Waals surface area (Å²) in [6.07, 6.45) is 0. The summed E-state index contributed by atoms with van der Waals surface area (Å²) in [5.74, 6) is -0.729. The molecule has 1 atom stereocenters. The second kappa shape index (κ2) is 5.81. The summed E-state index contributed by atoms with van der Waals surface area (Å²) in [4.78, 5) is 23.2. The van der Waals surface area contributed by atoms with Crippen LogP contribution >= 0.6 is 0 Å². The van der Waals surface area contributed by atoms with Gasteiger partial charge in [0.15, 0.2) is 0 Å². The molecule has 0 fully saturated rings. The van der Waals surface area contributed by atoms with Crippen molar-refractivity contribution in [3.05, 3.63) is 23.8 Å². The summed E-state index contributed by atoms with van der Waals surface area (Å²) < 4.78 is 0. The van der Waals surface area contributed by atoms with Crippen LogP contribution in [0.4, 0.5) is 11.4 Å². The Hall–Kier alpha value is -2.24. The zero-order chi connectivity index (χ0) is 15.5. The van der Waals surface area contributed by atoms with Gasteiger partial charge >= 0.3 is 0 Å². The minimum atomic E-state index is -0.599. The number of anilines is 2. The van der Waals surface area contributed by atoms with Crippen molar-refractivity contribution in [2.45, 2.75) is 39.3 Å². The van der Waals surface area contributed by atoms with Crippen LogP contribution in [-0.4, -0.2) is 23.4 Å². The van der Waals surface area contributed by atoms with Crippen molar-refractivity contribution in [1.29, 1.82) is 0 Å². The fourth-order valence-corrected chi connectivity index (χ4v) is 1.65. The van der Waals surface area contributed by atoms with Crippen LogP contribution in [0.5, 0.6) is 0 Å². The molecule has 0 spiro atoms. The molecule has 0 bridgehead atoms. The number of carbonyl (C=O) groups is 2. The standard InChI is InChI=1S/C14H22N4O2/c1-8(13(20)18-14(2,3)4)17-9-5-6-11(15)10(7-9)12(16)19/h5-8,17H,15H2,1-4H3,(H2,16,19)(H,18,20). The first kappa shape index (κ1) is 15.8. The molecule has 6 nitrogen and oxygen atoms in total. The maximum absolute atomic E-state index is 12.0. The highest BCUT2D eigenvalue weighted by molar-refractivity contribution is 5.99. The summed E-state index contributed by atoms with van der Waals surface area (Å²) in [6, 6.07) is 4.37. The van der Waals surface area contributed by atoms with Gasteiger partial charge in [0, 0.05) is 16.9 Å². The molecule has 0 aliphatic heterocycles. The first-order valence-electron chi connectivity index (χ1n) is 6.38. The molecular formula is C14H22N4O2. The lowest BCUT2D eigenvalue weighted by molar-refractivity contribution is -0.122. The third kappa shape index (κ3) is 4.46. The Morgan fingerprint density at radius 2 is 1.85 bits per heavy atom. The minimum absolute atomic E-state index is 0.130. The zero-order valence-corrected chi connectivity index (χ0v) is 12.3. The maximum Gasteiger partial charge on any atom is 0.250 e. The average Bonchev–Trinajstić information content (AvgIpc) is 2.28. The monoisotopic (exact) mass is 278 g/mol. The van der Waals surface area contributed by atoms with Crippen molar-refractivity contribution >= 4 is 23.2 Å². The number of nitrogen functional groups attached to an aromatic ring is 1. The number of nitrogens with two attached hydrogens (primary N) is 2.